The molecule has 5 heteroatoms. The third-order valence-electron chi connectivity index (χ3n) is 4.76. The van der Waals surface area contributed by atoms with Gasteiger partial charge >= 0.3 is 0 Å². The Balaban J connectivity index is 1.76. The number of carbonyl (C=O) groups is 1. The molecule has 1 aromatic carbocycles. The number of carbonyl (C=O) groups excluding carboxylic acids is 1. The second kappa shape index (κ2) is 8.89. The van der Waals surface area contributed by atoms with Gasteiger partial charge in [-0.05, 0) is 44.7 Å². The first-order chi connectivity index (χ1) is 11.1. The number of nitrogens with zero attached hydrogens (tertiary/aromatic N) is 1. The second-order valence-electron chi connectivity index (χ2n) is 6.36. The number of amides is 1. The lowest BCUT2D eigenvalue weighted by atomic mass is 9.86. The molecule has 0 spiro atoms. The minimum atomic E-state index is 0.0303. The fraction of sp³-hybridized carbons (Fsp3) is 0.611. The molecule has 0 saturated heterocycles. The predicted octanol–water partition coefficient (Wildman–Crippen LogP) is 1.79. The maximum Gasteiger partial charge on any atom is 0.234 e. The summed E-state index contributed by atoms with van der Waals surface area (Å²) in [6.45, 7) is 1.17. The fourth-order valence-electron chi connectivity index (χ4n) is 3.22. The van der Waals surface area contributed by atoms with Crippen LogP contribution in [0, 0.1) is 5.92 Å². The van der Waals surface area contributed by atoms with Crippen LogP contribution in [0.1, 0.15) is 31.2 Å². The van der Waals surface area contributed by atoms with Crippen molar-refractivity contribution >= 4 is 5.91 Å². The van der Waals surface area contributed by atoms with Crippen LogP contribution in [0.2, 0.25) is 0 Å². The van der Waals surface area contributed by atoms with Crippen molar-refractivity contribution in [3.05, 3.63) is 29.8 Å². The molecule has 2 N–H and O–H groups in total. The molecule has 0 atom stereocenters. The molecule has 23 heavy (non-hydrogen) atoms. The van der Waals surface area contributed by atoms with E-state index in [1.54, 1.807) is 7.11 Å². The molecule has 0 heterocycles. The third-order valence-corrected chi connectivity index (χ3v) is 4.76. The van der Waals surface area contributed by atoms with Crippen molar-refractivity contribution in [1.82, 2.24) is 10.2 Å². The second-order valence-corrected chi connectivity index (χ2v) is 6.36. The molecule has 128 valence electrons. The lowest BCUT2D eigenvalue weighted by molar-refractivity contribution is -0.122. The van der Waals surface area contributed by atoms with Gasteiger partial charge in [0, 0.05) is 24.8 Å². The molecule has 0 unspecified atom stereocenters. The topological polar surface area (TPSA) is 61.8 Å². The SMILES string of the molecule is COc1ccccc1CNC(=O)CN(C)C1CCC(CO)CC1. The molecule has 2 rings (SSSR count). The van der Waals surface area contributed by atoms with Gasteiger partial charge in [-0.15, -0.1) is 0 Å². The van der Waals surface area contributed by atoms with E-state index in [2.05, 4.69) is 10.2 Å². The molecule has 5 nitrogen and oxygen atoms in total. The molecule has 1 aromatic rings. The Hall–Kier alpha value is -1.59. The van der Waals surface area contributed by atoms with Crippen LogP contribution in [-0.2, 0) is 11.3 Å². The Morgan fingerprint density at radius 2 is 2.00 bits per heavy atom. The van der Waals surface area contributed by atoms with E-state index in [4.69, 9.17) is 4.74 Å². The summed E-state index contributed by atoms with van der Waals surface area (Å²) >= 11 is 0. The highest BCUT2D eigenvalue weighted by Gasteiger charge is 2.24. The summed E-state index contributed by atoms with van der Waals surface area (Å²) in [6, 6.07) is 8.15. The van der Waals surface area contributed by atoms with Gasteiger partial charge in [-0.3, -0.25) is 9.69 Å². The van der Waals surface area contributed by atoms with Crippen LogP contribution in [0.15, 0.2) is 24.3 Å². The van der Waals surface area contributed by atoms with Gasteiger partial charge in [0.05, 0.1) is 13.7 Å². The summed E-state index contributed by atoms with van der Waals surface area (Å²) in [5.74, 6) is 1.27. The van der Waals surface area contributed by atoms with E-state index in [1.807, 2.05) is 31.3 Å². The summed E-state index contributed by atoms with van der Waals surface area (Å²) in [4.78, 5) is 14.3. The van der Waals surface area contributed by atoms with Crippen LogP contribution in [-0.4, -0.2) is 49.3 Å². The number of methoxy groups -OCH3 is 1. The third kappa shape index (κ3) is 5.22. The molecule has 0 bridgehead atoms. The maximum absolute atomic E-state index is 12.2. The number of benzene rings is 1. The van der Waals surface area contributed by atoms with Crippen molar-refractivity contribution in [2.75, 3.05) is 27.3 Å². The van der Waals surface area contributed by atoms with Gasteiger partial charge in [-0.25, -0.2) is 0 Å². The van der Waals surface area contributed by atoms with Gasteiger partial charge in [-0.2, -0.15) is 0 Å². The average molecular weight is 320 g/mol. The highest BCUT2D eigenvalue weighted by Crippen LogP contribution is 2.26. The summed E-state index contributed by atoms with van der Waals surface area (Å²) in [6.07, 6.45) is 4.21. The highest BCUT2D eigenvalue weighted by atomic mass is 16.5. The van der Waals surface area contributed by atoms with Crippen LogP contribution in [0.25, 0.3) is 0 Å². The number of para-hydroxylation sites is 1. The predicted molar refractivity (Wildman–Crippen MR) is 90.3 cm³/mol. The van der Waals surface area contributed by atoms with E-state index in [-0.39, 0.29) is 12.5 Å². The number of hydrogen-bond donors (Lipinski definition) is 2. The number of aliphatic hydroxyl groups excluding tert-OH is 1. The van der Waals surface area contributed by atoms with Crippen molar-refractivity contribution in [3.63, 3.8) is 0 Å². The first kappa shape index (κ1) is 17.8. The molecule has 1 amide bonds. The molecule has 1 aliphatic carbocycles. The normalized spacial score (nSPS) is 21.2. The Morgan fingerprint density at radius 3 is 2.65 bits per heavy atom. The van der Waals surface area contributed by atoms with Crippen LogP contribution in [0.4, 0.5) is 0 Å². The van der Waals surface area contributed by atoms with Crippen LogP contribution in [0.3, 0.4) is 0 Å². The van der Waals surface area contributed by atoms with Crippen molar-refractivity contribution < 1.29 is 14.6 Å². The van der Waals surface area contributed by atoms with Crippen LogP contribution in [0.5, 0.6) is 5.75 Å². The first-order valence-corrected chi connectivity index (χ1v) is 8.33. The van der Waals surface area contributed by atoms with Gasteiger partial charge in [-0.1, -0.05) is 18.2 Å². The Labute approximate surface area is 138 Å². The van der Waals surface area contributed by atoms with Gasteiger partial charge in [0.1, 0.15) is 5.75 Å². The Bertz CT molecular complexity index is 499. The first-order valence-electron chi connectivity index (χ1n) is 8.33. The van der Waals surface area contributed by atoms with Crippen LogP contribution >= 0.6 is 0 Å². The molecule has 0 radical (unpaired) electrons. The number of nitrogens with one attached hydrogen (secondary N) is 1. The monoisotopic (exact) mass is 320 g/mol. The number of rotatable bonds is 7. The quantitative estimate of drug-likeness (QED) is 0.804. The van der Waals surface area contributed by atoms with E-state index >= 15 is 0 Å². The van der Waals surface area contributed by atoms with Crippen LogP contribution < -0.4 is 10.1 Å². The molecular weight excluding hydrogens is 292 g/mol. The summed E-state index contributed by atoms with van der Waals surface area (Å²) in [5.41, 5.74) is 0.981. The lowest BCUT2D eigenvalue weighted by Crippen LogP contribution is -2.42. The van der Waals surface area contributed by atoms with E-state index in [0.717, 1.165) is 37.0 Å². The number of likely N-dealkylation sites (N-methyl/N-ethyl adjacent to an activating group) is 1. The molecule has 0 aliphatic heterocycles. The van der Waals surface area contributed by atoms with Gasteiger partial charge < -0.3 is 15.2 Å². The zero-order chi connectivity index (χ0) is 16.7. The maximum atomic E-state index is 12.2. The highest BCUT2D eigenvalue weighted by molar-refractivity contribution is 5.78. The molecule has 1 fully saturated rings. The van der Waals surface area contributed by atoms with Crippen molar-refractivity contribution in [3.8, 4) is 5.75 Å². The van der Waals surface area contributed by atoms with E-state index in [1.165, 1.54) is 0 Å². The zero-order valence-electron chi connectivity index (χ0n) is 14.1. The van der Waals surface area contributed by atoms with Gasteiger partial charge in [0.15, 0.2) is 0 Å². The average Bonchev–Trinajstić information content (AvgIpc) is 2.60. The largest absolute Gasteiger partial charge is 0.496 e. The minimum Gasteiger partial charge on any atom is -0.496 e. The molecule has 1 aliphatic rings. The standard InChI is InChI=1S/C18H28N2O3/c1-20(16-9-7-14(13-21)8-10-16)12-18(22)19-11-15-5-3-4-6-17(15)23-2/h3-6,14,16,21H,7-13H2,1-2H3,(H,19,22). The molecule has 0 aromatic heterocycles. The van der Waals surface area contributed by atoms with Crippen molar-refractivity contribution in [1.29, 1.82) is 0 Å². The number of ether oxygens (including phenoxy) is 1. The van der Waals surface area contributed by atoms with Crippen molar-refractivity contribution in [2.24, 2.45) is 5.92 Å². The summed E-state index contributed by atoms with van der Waals surface area (Å²) in [5, 5.41) is 12.2. The number of hydrogen-bond acceptors (Lipinski definition) is 4. The molecular formula is C18H28N2O3. The zero-order valence-corrected chi connectivity index (χ0v) is 14.1. The van der Waals surface area contributed by atoms with E-state index in [0.29, 0.717) is 25.0 Å². The lowest BCUT2D eigenvalue weighted by Gasteiger charge is -2.33. The van der Waals surface area contributed by atoms with E-state index < -0.39 is 0 Å². The summed E-state index contributed by atoms with van der Waals surface area (Å²) in [7, 11) is 3.64. The Kier molecular flexibility index (Phi) is 6.86. The van der Waals surface area contributed by atoms with Gasteiger partial charge in [0.2, 0.25) is 5.91 Å². The number of aliphatic hydroxyl groups is 1. The van der Waals surface area contributed by atoms with Gasteiger partial charge in [0.25, 0.3) is 0 Å². The van der Waals surface area contributed by atoms with E-state index in [9.17, 15) is 9.90 Å². The molecule has 1 saturated carbocycles. The fourth-order valence-corrected chi connectivity index (χ4v) is 3.22. The smallest absolute Gasteiger partial charge is 0.234 e. The minimum absolute atomic E-state index is 0.0303. The van der Waals surface area contributed by atoms with Crippen molar-refractivity contribution in [2.45, 2.75) is 38.3 Å². The Morgan fingerprint density at radius 1 is 1.30 bits per heavy atom. The summed E-state index contributed by atoms with van der Waals surface area (Å²) < 4.78 is 5.29.